The zero-order valence-electron chi connectivity index (χ0n) is 10.8. The molecule has 0 spiro atoms. The normalized spacial score (nSPS) is 21.2. The SMILES string of the molecule is O=C1Nc2cc(Cl)ccc2/C1=C\N1CCCCCC1. The molecule has 0 atom stereocenters. The average Bonchev–Trinajstić information content (AvgIpc) is 2.57. The number of nitrogens with zero attached hydrogens (tertiary/aromatic N) is 1. The summed E-state index contributed by atoms with van der Waals surface area (Å²) < 4.78 is 0. The standard InChI is InChI=1S/C15H17ClN2O/c16-11-5-6-12-13(15(19)17-14(12)9-11)10-18-7-3-1-2-4-8-18/h5-6,9-10H,1-4,7-8H2,(H,17,19)/b13-10+. The molecule has 0 radical (unpaired) electrons. The van der Waals surface area contributed by atoms with Gasteiger partial charge in [0.1, 0.15) is 0 Å². The first-order valence-corrected chi connectivity index (χ1v) is 7.19. The van der Waals surface area contributed by atoms with Crippen molar-refractivity contribution in [2.75, 3.05) is 18.4 Å². The number of fused-ring (bicyclic) bond motifs is 1. The van der Waals surface area contributed by atoms with E-state index in [4.69, 9.17) is 11.6 Å². The Morgan fingerprint density at radius 3 is 2.63 bits per heavy atom. The van der Waals surface area contributed by atoms with Gasteiger partial charge in [0, 0.05) is 29.9 Å². The summed E-state index contributed by atoms with van der Waals surface area (Å²) in [6, 6.07) is 5.55. The maximum atomic E-state index is 12.1. The monoisotopic (exact) mass is 276 g/mol. The Balaban J connectivity index is 1.90. The van der Waals surface area contributed by atoms with Crippen LogP contribution < -0.4 is 5.32 Å². The number of benzene rings is 1. The van der Waals surface area contributed by atoms with Crippen molar-refractivity contribution in [2.24, 2.45) is 0 Å². The van der Waals surface area contributed by atoms with Crippen molar-refractivity contribution in [1.29, 1.82) is 0 Å². The van der Waals surface area contributed by atoms with Crippen molar-refractivity contribution in [2.45, 2.75) is 25.7 Å². The summed E-state index contributed by atoms with van der Waals surface area (Å²) >= 11 is 5.95. The van der Waals surface area contributed by atoms with Crippen LogP contribution in [0.2, 0.25) is 5.02 Å². The van der Waals surface area contributed by atoms with Crippen LogP contribution >= 0.6 is 11.6 Å². The molecule has 0 saturated carbocycles. The Morgan fingerprint density at radius 1 is 1.16 bits per heavy atom. The summed E-state index contributed by atoms with van der Waals surface area (Å²) in [4.78, 5) is 14.3. The van der Waals surface area contributed by atoms with E-state index in [1.54, 1.807) is 6.07 Å². The predicted octanol–water partition coefficient (Wildman–Crippen LogP) is 3.51. The quantitative estimate of drug-likeness (QED) is 0.796. The molecule has 1 aromatic carbocycles. The van der Waals surface area contributed by atoms with Crippen LogP contribution in [0.25, 0.3) is 5.57 Å². The van der Waals surface area contributed by atoms with Gasteiger partial charge in [-0.25, -0.2) is 0 Å². The van der Waals surface area contributed by atoms with Crippen LogP contribution in [0.4, 0.5) is 5.69 Å². The lowest BCUT2D eigenvalue weighted by atomic mass is 10.1. The molecule has 2 aliphatic heterocycles. The van der Waals surface area contributed by atoms with Crippen molar-refractivity contribution < 1.29 is 4.79 Å². The molecule has 1 amide bonds. The number of halogens is 1. The number of rotatable bonds is 1. The van der Waals surface area contributed by atoms with Gasteiger partial charge in [-0.2, -0.15) is 0 Å². The van der Waals surface area contributed by atoms with Gasteiger partial charge >= 0.3 is 0 Å². The van der Waals surface area contributed by atoms with Crippen molar-refractivity contribution in [3.63, 3.8) is 0 Å². The molecular formula is C15H17ClN2O. The van der Waals surface area contributed by atoms with Crippen LogP contribution in [-0.2, 0) is 4.79 Å². The van der Waals surface area contributed by atoms with Crippen LogP contribution in [0, 0.1) is 0 Å². The van der Waals surface area contributed by atoms with E-state index in [-0.39, 0.29) is 5.91 Å². The minimum Gasteiger partial charge on any atom is -0.377 e. The molecule has 1 aromatic rings. The third-order valence-electron chi connectivity index (χ3n) is 3.72. The van der Waals surface area contributed by atoms with Gasteiger partial charge in [0.25, 0.3) is 5.91 Å². The van der Waals surface area contributed by atoms with Crippen LogP contribution in [0.15, 0.2) is 24.4 Å². The second-order valence-corrected chi connectivity index (χ2v) is 5.57. The number of likely N-dealkylation sites (tertiary alicyclic amines) is 1. The lowest BCUT2D eigenvalue weighted by molar-refractivity contribution is -0.110. The van der Waals surface area contributed by atoms with E-state index in [1.165, 1.54) is 25.7 Å². The molecule has 100 valence electrons. The van der Waals surface area contributed by atoms with Gasteiger partial charge in [0.05, 0.1) is 11.3 Å². The van der Waals surface area contributed by atoms with Crippen molar-refractivity contribution >= 4 is 28.8 Å². The number of amides is 1. The van der Waals surface area contributed by atoms with Gasteiger partial charge in [-0.1, -0.05) is 30.5 Å². The largest absolute Gasteiger partial charge is 0.377 e. The van der Waals surface area contributed by atoms with E-state index < -0.39 is 0 Å². The highest BCUT2D eigenvalue weighted by atomic mass is 35.5. The van der Waals surface area contributed by atoms with Crippen LogP contribution in [0.3, 0.4) is 0 Å². The molecule has 19 heavy (non-hydrogen) atoms. The molecule has 0 bridgehead atoms. The predicted molar refractivity (Wildman–Crippen MR) is 78.1 cm³/mol. The van der Waals surface area contributed by atoms with Gasteiger partial charge in [-0.05, 0) is 25.0 Å². The van der Waals surface area contributed by atoms with Crippen LogP contribution in [0.5, 0.6) is 0 Å². The molecule has 3 nitrogen and oxygen atoms in total. The number of hydrogen-bond acceptors (Lipinski definition) is 2. The lowest BCUT2D eigenvalue weighted by Crippen LogP contribution is -2.19. The Kier molecular flexibility index (Phi) is 3.47. The summed E-state index contributed by atoms with van der Waals surface area (Å²) in [6.07, 6.45) is 7.01. The van der Waals surface area contributed by atoms with Gasteiger partial charge in [0.2, 0.25) is 0 Å². The molecule has 0 unspecified atom stereocenters. The summed E-state index contributed by atoms with van der Waals surface area (Å²) in [5.41, 5.74) is 2.53. The number of carbonyl (C=O) groups is 1. The summed E-state index contributed by atoms with van der Waals surface area (Å²) in [7, 11) is 0. The first-order chi connectivity index (χ1) is 9.24. The van der Waals surface area contributed by atoms with Crippen LogP contribution in [0.1, 0.15) is 31.2 Å². The van der Waals surface area contributed by atoms with E-state index in [9.17, 15) is 4.79 Å². The van der Waals surface area contributed by atoms with Gasteiger partial charge in [-0.15, -0.1) is 0 Å². The van der Waals surface area contributed by atoms with Crippen LogP contribution in [-0.4, -0.2) is 23.9 Å². The fraction of sp³-hybridized carbons (Fsp3) is 0.400. The number of anilines is 1. The second-order valence-electron chi connectivity index (χ2n) is 5.14. The Bertz CT molecular complexity index is 531. The zero-order valence-corrected chi connectivity index (χ0v) is 11.5. The van der Waals surface area contributed by atoms with Gasteiger partial charge in [0.15, 0.2) is 0 Å². The molecule has 2 heterocycles. The van der Waals surface area contributed by atoms with Crippen molar-refractivity contribution in [1.82, 2.24) is 4.90 Å². The highest BCUT2D eigenvalue weighted by molar-refractivity contribution is 6.34. The molecule has 4 heteroatoms. The topological polar surface area (TPSA) is 32.3 Å². The number of carbonyl (C=O) groups excluding carboxylic acids is 1. The molecule has 1 N–H and O–H groups in total. The first kappa shape index (κ1) is 12.5. The molecule has 0 aliphatic carbocycles. The highest BCUT2D eigenvalue weighted by Crippen LogP contribution is 2.34. The minimum atomic E-state index is -0.0264. The Labute approximate surface area is 118 Å². The summed E-state index contributed by atoms with van der Waals surface area (Å²) in [5.74, 6) is -0.0264. The first-order valence-electron chi connectivity index (χ1n) is 6.81. The maximum absolute atomic E-state index is 12.1. The number of nitrogens with one attached hydrogen (secondary N) is 1. The van der Waals surface area contributed by atoms with E-state index in [2.05, 4.69) is 10.2 Å². The third-order valence-corrected chi connectivity index (χ3v) is 3.95. The molecule has 1 saturated heterocycles. The maximum Gasteiger partial charge on any atom is 0.257 e. The van der Waals surface area contributed by atoms with Crippen molar-refractivity contribution in [3.05, 3.63) is 35.0 Å². The fourth-order valence-corrected chi connectivity index (χ4v) is 2.87. The van der Waals surface area contributed by atoms with E-state index >= 15 is 0 Å². The molecule has 1 fully saturated rings. The highest BCUT2D eigenvalue weighted by Gasteiger charge is 2.25. The smallest absolute Gasteiger partial charge is 0.257 e. The Hall–Kier alpha value is -1.48. The van der Waals surface area contributed by atoms with E-state index in [1.807, 2.05) is 18.3 Å². The lowest BCUT2D eigenvalue weighted by Gasteiger charge is -2.18. The van der Waals surface area contributed by atoms with Gasteiger partial charge in [-0.3, -0.25) is 4.79 Å². The average molecular weight is 277 g/mol. The molecule has 2 aliphatic rings. The second kappa shape index (κ2) is 5.25. The van der Waals surface area contributed by atoms with E-state index in [0.29, 0.717) is 5.02 Å². The fourth-order valence-electron chi connectivity index (χ4n) is 2.70. The van der Waals surface area contributed by atoms with E-state index in [0.717, 1.165) is 29.9 Å². The van der Waals surface area contributed by atoms with Gasteiger partial charge < -0.3 is 10.2 Å². The third kappa shape index (κ3) is 2.61. The van der Waals surface area contributed by atoms with Crippen molar-refractivity contribution in [3.8, 4) is 0 Å². The Morgan fingerprint density at radius 2 is 1.89 bits per heavy atom. The molecular weight excluding hydrogens is 260 g/mol. The summed E-state index contributed by atoms with van der Waals surface area (Å²) in [6.45, 7) is 2.08. The molecule has 3 rings (SSSR count). The minimum absolute atomic E-state index is 0.0264. The molecule has 0 aromatic heterocycles. The summed E-state index contributed by atoms with van der Waals surface area (Å²) in [5, 5.41) is 3.52. The number of hydrogen-bond donors (Lipinski definition) is 1. The zero-order chi connectivity index (χ0) is 13.2.